The molecule has 0 aliphatic carbocycles. The Balaban J connectivity index is 2.03. The SMILES string of the molecule is COC(=O)C1(C)COP(=O)(Nc2ccc(Br)cc2)OC1. The summed E-state index contributed by atoms with van der Waals surface area (Å²) < 4.78 is 28.4. The number of ether oxygens (including phenoxy) is 1. The number of benzene rings is 1. The maximum atomic E-state index is 12.4. The summed E-state index contributed by atoms with van der Waals surface area (Å²) in [6.07, 6.45) is 0. The number of halogens is 1. The van der Waals surface area contributed by atoms with E-state index in [2.05, 4.69) is 25.8 Å². The molecule has 0 bridgehead atoms. The van der Waals surface area contributed by atoms with Gasteiger partial charge in [-0.15, -0.1) is 0 Å². The highest BCUT2D eigenvalue weighted by molar-refractivity contribution is 9.10. The van der Waals surface area contributed by atoms with E-state index >= 15 is 0 Å². The van der Waals surface area contributed by atoms with Gasteiger partial charge in [-0.1, -0.05) is 15.9 Å². The van der Waals surface area contributed by atoms with Gasteiger partial charge in [0.05, 0.1) is 20.3 Å². The van der Waals surface area contributed by atoms with Crippen molar-refractivity contribution in [3.8, 4) is 0 Å². The van der Waals surface area contributed by atoms with E-state index in [1.165, 1.54) is 7.11 Å². The second-order valence-electron chi connectivity index (χ2n) is 4.72. The predicted octanol–water partition coefficient (Wildman–Crippen LogP) is 3.20. The van der Waals surface area contributed by atoms with Crippen molar-refractivity contribution in [1.82, 2.24) is 0 Å². The first-order chi connectivity index (χ1) is 9.37. The number of carbonyl (C=O) groups excluding carboxylic acids is 1. The van der Waals surface area contributed by atoms with Crippen molar-refractivity contribution in [1.29, 1.82) is 0 Å². The van der Waals surface area contributed by atoms with E-state index in [1.807, 2.05) is 0 Å². The first-order valence-corrected chi connectivity index (χ1v) is 8.22. The normalized spacial score (nSPS) is 29.8. The van der Waals surface area contributed by atoms with Crippen LogP contribution in [0.4, 0.5) is 5.69 Å². The summed E-state index contributed by atoms with van der Waals surface area (Å²) >= 11 is 3.31. The second kappa shape index (κ2) is 5.85. The minimum atomic E-state index is -3.45. The first-order valence-electron chi connectivity index (χ1n) is 5.88. The Morgan fingerprint density at radius 2 is 1.90 bits per heavy atom. The zero-order valence-corrected chi connectivity index (χ0v) is 13.6. The number of anilines is 1. The van der Waals surface area contributed by atoms with Crippen LogP contribution in [0.15, 0.2) is 28.7 Å². The standard InChI is InChI=1S/C12H15BrNO5P/c1-12(11(15)17-2)7-18-20(16,19-8-12)14-10-5-3-9(13)4-6-10/h3-6H,7-8H2,1-2H3,(H,14,16). The van der Waals surface area contributed by atoms with Crippen LogP contribution in [0.2, 0.25) is 0 Å². The molecule has 1 saturated heterocycles. The molecule has 1 aromatic rings. The van der Waals surface area contributed by atoms with Crippen LogP contribution in [0.1, 0.15) is 6.92 Å². The minimum Gasteiger partial charge on any atom is -0.468 e. The van der Waals surface area contributed by atoms with E-state index in [4.69, 9.17) is 9.05 Å². The van der Waals surface area contributed by atoms with E-state index in [0.29, 0.717) is 5.69 Å². The number of hydrogen-bond acceptors (Lipinski definition) is 5. The molecule has 1 aromatic carbocycles. The van der Waals surface area contributed by atoms with E-state index in [-0.39, 0.29) is 13.2 Å². The van der Waals surface area contributed by atoms with Crippen molar-refractivity contribution >= 4 is 35.3 Å². The zero-order chi connectivity index (χ0) is 14.8. The molecule has 0 saturated carbocycles. The third kappa shape index (κ3) is 3.41. The minimum absolute atomic E-state index is 0.0273. The Kier molecular flexibility index (Phi) is 4.54. The summed E-state index contributed by atoms with van der Waals surface area (Å²) in [6.45, 7) is 1.59. The molecule has 0 unspecified atom stereocenters. The average molecular weight is 364 g/mol. The molecule has 1 N–H and O–H groups in total. The highest BCUT2D eigenvalue weighted by Crippen LogP contribution is 2.53. The van der Waals surface area contributed by atoms with Gasteiger partial charge < -0.3 is 4.74 Å². The van der Waals surface area contributed by atoms with Gasteiger partial charge in [0, 0.05) is 10.2 Å². The van der Waals surface area contributed by atoms with Crippen LogP contribution in [0.5, 0.6) is 0 Å². The van der Waals surface area contributed by atoms with E-state index in [9.17, 15) is 9.36 Å². The molecular formula is C12H15BrNO5P. The molecule has 1 aliphatic rings. The summed E-state index contributed by atoms with van der Waals surface area (Å²) in [5.41, 5.74) is -0.331. The van der Waals surface area contributed by atoms with Gasteiger partial charge in [0.15, 0.2) is 0 Å². The van der Waals surface area contributed by atoms with Gasteiger partial charge in [0.1, 0.15) is 5.41 Å². The lowest BCUT2D eigenvalue weighted by Crippen LogP contribution is -2.41. The topological polar surface area (TPSA) is 73.9 Å². The molecule has 0 atom stereocenters. The number of carbonyl (C=O) groups is 1. The predicted molar refractivity (Wildman–Crippen MR) is 77.4 cm³/mol. The van der Waals surface area contributed by atoms with Crippen LogP contribution in [-0.4, -0.2) is 26.3 Å². The van der Waals surface area contributed by atoms with Crippen molar-refractivity contribution in [3.05, 3.63) is 28.7 Å². The molecule has 20 heavy (non-hydrogen) atoms. The lowest BCUT2D eigenvalue weighted by molar-refractivity contribution is -0.158. The van der Waals surface area contributed by atoms with Crippen molar-refractivity contribution in [2.75, 3.05) is 25.4 Å². The second-order valence-corrected chi connectivity index (χ2v) is 7.37. The van der Waals surface area contributed by atoms with Gasteiger partial charge in [0.25, 0.3) is 0 Å². The van der Waals surface area contributed by atoms with E-state index < -0.39 is 19.1 Å². The number of hydrogen-bond donors (Lipinski definition) is 1. The molecule has 0 amide bonds. The quantitative estimate of drug-likeness (QED) is 0.656. The van der Waals surface area contributed by atoms with Crippen molar-refractivity contribution in [2.45, 2.75) is 6.92 Å². The van der Waals surface area contributed by atoms with Crippen LogP contribution >= 0.6 is 23.7 Å². The Morgan fingerprint density at radius 3 is 2.40 bits per heavy atom. The Labute approximate surface area is 125 Å². The first kappa shape index (κ1) is 15.5. The Bertz CT molecular complexity index is 535. The van der Waals surface area contributed by atoms with Gasteiger partial charge >= 0.3 is 13.7 Å². The molecule has 1 aliphatic heterocycles. The van der Waals surface area contributed by atoms with Crippen molar-refractivity contribution in [3.63, 3.8) is 0 Å². The maximum Gasteiger partial charge on any atom is 0.432 e. The third-order valence-electron chi connectivity index (χ3n) is 2.89. The molecule has 6 nitrogen and oxygen atoms in total. The largest absolute Gasteiger partial charge is 0.468 e. The van der Waals surface area contributed by atoms with Gasteiger partial charge in [-0.25, -0.2) is 4.57 Å². The summed E-state index contributed by atoms with van der Waals surface area (Å²) in [7, 11) is -2.16. The van der Waals surface area contributed by atoms with Gasteiger partial charge in [-0.05, 0) is 31.2 Å². The zero-order valence-electron chi connectivity index (χ0n) is 11.1. The highest BCUT2D eigenvalue weighted by Gasteiger charge is 2.45. The van der Waals surface area contributed by atoms with Gasteiger partial charge in [-0.2, -0.15) is 0 Å². The summed E-state index contributed by atoms with van der Waals surface area (Å²) in [6, 6.07) is 7.09. The van der Waals surface area contributed by atoms with Crippen LogP contribution in [0.3, 0.4) is 0 Å². The van der Waals surface area contributed by atoms with Crippen molar-refractivity contribution < 1.29 is 23.1 Å². The lowest BCUT2D eigenvalue weighted by Gasteiger charge is -2.34. The van der Waals surface area contributed by atoms with Gasteiger partial charge in [0.2, 0.25) is 0 Å². The molecule has 0 radical (unpaired) electrons. The van der Waals surface area contributed by atoms with Crippen molar-refractivity contribution in [2.24, 2.45) is 5.41 Å². The van der Waals surface area contributed by atoms with Crippen LogP contribution in [0.25, 0.3) is 0 Å². The number of esters is 1. The Morgan fingerprint density at radius 1 is 1.35 bits per heavy atom. The number of rotatable bonds is 3. The number of nitrogens with one attached hydrogen (secondary N) is 1. The molecule has 1 heterocycles. The van der Waals surface area contributed by atoms with Crippen LogP contribution < -0.4 is 5.09 Å². The fraction of sp³-hybridized carbons (Fsp3) is 0.417. The monoisotopic (exact) mass is 363 g/mol. The lowest BCUT2D eigenvalue weighted by atomic mass is 9.93. The molecule has 8 heteroatoms. The molecule has 0 spiro atoms. The smallest absolute Gasteiger partial charge is 0.432 e. The van der Waals surface area contributed by atoms with Gasteiger partial charge in [-0.3, -0.25) is 18.9 Å². The highest BCUT2D eigenvalue weighted by atomic mass is 79.9. The fourth-order valence-corrected chi connectivity index (χ4v) is 3.49. The summed E-state index contributed by atoms with van der Waals surface area (Å²) in [5, 5.41) is 2.72. The number of methoxy groups -OCH3 is 1. The maximum absolute atomic E-state index is 12.4. The summed E-state index contributed by atoms with van der Waals surface area (Å²) in [4.78, 5) is 11.6. The molecule has 110 valence electrons. The Hall–Kier alpha value is -0.880. The summed E-state index contributed by atoms with van der Waals surface area (Å²) in [5.74, 6) is -0.451. The van der Waals surface area contributed by atoms with Crippen LogP contribution in [0, 0.1) is 5.41 Å². The molecule has 2 rings (SSSR count). The van der Waals surface area contributed by atoms with E-state index in [1.54, 1.807) is 31.2 Å². The fourth-order valence-electron chi connectivity index (χ4n) is 1.65. The third-order valence-corrected chi connectivity index (χ3v) is 4.89. The average Bonchev–Trinajstić information content (AvgIpc) is 2.44. The molecular weight excluding hydrogens is 349 g/mol. The van der Waals surface area contributed by atoms with Crippen LogP contribution in [-0.2, 0) is 23.1 Å². The molecule has 0 aromatic heterocycles. The molecule has 1 fully saturated rings. The van der Waals surface area contributed by atoms with E-state index in [0.717, 1.165) is 4.47 Å².